The lowest BCUT2D eigenvalue weighted by molar-refractivity contribution is -0.0239. The molecule has 0 heterocycles. The van der Waals surface area contributed by atoms with Crippen LogP contribution in [0.15, 0.2) is 18.2 Å². The van der Waals surface area contributed by atoms with Gasteiger partial charge in [-0.05, 0) is 18.2 Å². The second-order valence-electron chi connectivity index (χ2n) is 3.31. The Morgan fingerprint density at radius 3 is 2.56 bits per heavy atom. The van der Waals surface area contributed by atoms with Gasteiger partial charge in [-0.2, -0.15) is 0 Å². The Balaban J connectivity index is 2.80. The first kappa shape index (κ1) is 12.4. The number of carboxylic acid groups (broad SMARTS) is 1. The van der Waals surface area contributed by atoms with E-state index in [0.29, 0.717) is 13.0 Å². The zero-order valence-corrected chi connectivity index (χ0v) is 8.34. The summed E-state index contributed by atoms with van der Waals surface area (Å²) in [4.78, 5) is 10.5. The van der Waals surface area contributed by atoms with Crippen LogP contribution in [0.2, 0.25) is 0 Å². The number of alkyl halides is 2. The van der Waals surface area contributed by atoms with Crippen LogP contribution in [0.3, 0.4) is 0 Å². The smallest absolute Gasteiger partial charge is 0.335 e. The van der Waals surface area contributed by atoms with Crippen molar-refractivity contribution in [3.05, 3.63) is 29.6 Å². The summed E-state index contributed by atoms with van der Waals surface area (Å²) in [6.07, 6.45) is 0. The Labute approximate surface area is 89.5 Å². The number of rotatable bonds is 4. The van der Waals surface area contributed by atoms with Crippen LogP contribution in [-0.4, -0.2) is 23.6 Å². The molecule has 16 heavy (non-hydrogen) atoms. The van der Waals surface area contributed by atoms with E-state index in [-0.39, 0.29) is 5.56 Å². The van der Waals surface area contributed by atoms with Crippen molar-refractivity contribution in [3.8, 4) is 5.75 Å². The van der Waals surface area contributed by atoms with E-state index in [2.05, 4.69) is 4.74 Å². The highest BCUT2D eigenvalue weighted by Crippen LogP contribution is 2.21. The van der Waals surface area contributed by atoms with Crippen LogP contribution >= 0.6 is 0 Å². The van der Waals surface area contributed by atoms with Crippen molar-refractivity contribution < 1.29 is 27.8 Å². The molecule has 0 bridgehead atoms. The third kappa shape index (κ3) is 3.45. The normalized spacial score (nSPS) is 11.2. The summed E-state index contributed by atoms with van der Waals surface area (Å²) in [6, 6.07) is 2.80. The molecule has 88 valence electrons. The Morgan fingerprint density at radius 2 is 2.12 bits per heavy atom. The van der Waals surface area contributed by atoms with E-state index in [1.54, 1.807) is 0 Å². The second-order valence-corrected chi connectivity index (χ2v) is 3.31. The van der Waals surface area contributed by atoms with Crippen LogP contribution in [0.5, 0.6) is 5.75 Å². The first-order valence-electron chi connectivity index (χ1n) is 4.33. The number of benzene rings is 1. The van der Waals surface area contributed by atoms with Gasteiger partial charge in [-0.3, -0.25) is 0 Å². The van der Waals surface area contributed by atoms with Crippen LogP contribution < -0.4 is 4.74 Å². The van der Waals surface area contributed by atoms with Gasteiger partial charge >= 0.3 is 5.97 Å². The zero-order valence-electron chi connectivity index (χ0n) is 8.34. The molecule has 0 saturated carbocycles. The SMILES string of the molecule is CC(F)(F)COc1ccc(C(=O)O)cc1F. The molecular weight excluding hydrogens is 225 g/mol. The third-order valence-corrected chi connectivity index (χ3v) is 1.66. The lowest BCUT2D eigenvalue weighted by Gasteiger charge is -2.12. The lowest BCUT2D eigenvalue weighted by Crippen LogP contribution is -2.21. The number of aromatic carboxylic acids is 1. The van der Waals surface area contributed by atoms with Crippen molar-refractivity contribution in [2.75, 3.05) is 6.61 Å². The van der Waals surface area contributed by atoms with Crippen molar-refractivity contribution in [2.45, 2.75) is 12.8 Å². The zero-order chi connectivity index (χ0) is 12.3. The predicted octanol–water partition coefficient (Wildman–Crippen LogP) is 2.56. The predicted molar refractivity (Wildman–Crippen MR) is 49.5 cm³/mol. The Kier molecular flexibility index (Phi) is 3.41. The summed E-state index contributed by atoms with van der Waals surface area (Å²) in [6.45, 7) is -0.327. The standard InChI is InChI=1S/C10H9F3O3/c1-10(12,13)5-16-8-3-2-6(9(14)15)4-7(8)11/h2-4H,5H2,1H3,(H,14,15). The molecule has 0 aromatic heterocycles. The summed E-state index contributed by atoms with van der Waals surface area (Å²) < 4.78 is 42.5. The number of hydrogen-bond donors (Lipinski definition) is 1. The molecule has 3 nitrogen and oxygen atoms in total. The molecule has 1 aromatic rings. The molecule has 0 aliphatic carbocycles. The Morgan fingerprint density at radius 1 is 1.50 bits per heavy atom. The summed E-state index contributed by atoms with van der Waals surface area (Å²) >= 11 is 0. The molecule has 0 aliphatic heterocycles. The van der Waals surface area contributed by atoms with Gasteiger partial charge in [0.1, 0.15) is 0 Å². The molecule has 0 spiro atoms. The maximum absolute atomic E-state index is 13.2. The Bertz CT molecular complexity index is 399. The van der Waals surface area contributed by atoms with Gasteiger partial charge < -0.3 is 9.84 Å². The van der Waals surface area contributed by atoms with Gasteiger partial charge in [-0.1, -0.05) is 0 Å². The van der Waals surface area contributed by atoms with Crippen LogP contribution in [0.4, 0.5) is 13.2 Å². The van der Waals surface area contributed by atoms with Gasteiger partial charge in [-0.25, -0.2) is 18.0 Å². The molecule has 0 fully saturated rings. The van der Waals surface area contributed by atoms with Crippen molar-refractivity contribution in [3.63, 3.8) is 0 Å². The molecular formula is C10H9F3O3. The average Bonchev–Trinajstić information content (AvgIpc) is 2.14. The van der Waals surface area contributed by atoms with Gasteiger partial charge in [0, 0.05) is 6.92 Å². The monoisotopic (exact) mass is 234 g/mol. The second kappa shape index (κ2) is 4.42. The van der Waals surface area contributed by atoms with Crippen molar-refractivity contribution in [2.24, 2.45) is 0 Å². The van der Waals surface area contributed by atoms with Crippen molar-refractivity contribution in [1.29, 1.82) is 0 Å². The van der Waals surface area contributed by atoms with E-state index >= 15 is 0 Å². The van der Waals surface area contributed by atoms with E-state index in [1.807, 2.05) is 0 Å². The maximum atomic E-state index is 13.2. The molecule has 6 heteroatoms. The summed E-state index contributed by atoms with van der Waals surface area (Å²) in [5.74, 6) is -5.75. The van der Waals surface area contributed by atoms with Crippen LogP contribution in [0, 0.1) is 5.82 Å². The van der Waals surface area contributed by atoms with E-state index in [9.17, 15) is 18.0 Å². The Hall–Kier alpha value is -1.72. The van der Waals surface area contributed by atoms with Gasteiger partial charge in [0.25, 0.3) is 5.92 Å². The molecule has 0 radical (unpaired) electrons. The van der Waals surface area contributed by atoms with Crippen molar-refractivity contribution in [1.82, 2.24) is 0 Å². The molecule has 1 rings (SSSR count). The fraction of sp³-hybridized carbons (Fsp3) is 0.300. The number of hydrogen-bond acceptors (Lipinski definition) is 2. The highest BCUT2D eigenvalue weighted by Gasteiger charge is 2.23. The highest BCUT2D eigenvalue weighted by atomic mass is 19.3. The van der Waals surface area contributed by atoms with E-state index in [4.69, 9.17) is 5.11 Å². The molecule has 0 atom stereocenters. The summed E-state index contributed by atoms with van der Waals surface area (Å²) in [5.41, 5.74) is -0.270. The number of ether oxygens (including phenoxy) is 1. The minimum Gasteiger partial charge on any atom is -0.484 e. The number of halogens is 3. The third-order valence-electron chi connectivity index (χ3n) is 1.66. The molecule has 1 aromatic carbocycles. The first-order chi connectivity index (χ1) is 7.29. The molecule has 1 N–H and O–H groups in total. The van der Waals surface area contributed by atoms with Crippen LogP contribution in [0.25, 0.3) is 0 Å². The summed E-state index contributed by atoms with van der Waals surface area (Å²) in [7, 11) is 0. The quantitative estimate of drug-likeness (QED) is 0.870. The molecule has 0 amide bonds. The topological polar surface area (TPSA) is 46.5 Å². The fourth-order valence-electron chi connectivity index (χ4n) is 0.955. The van der Waals surface area contributed by atoms with Crippen LogP contribution in [-0.2, 0) is 0 Å². The largest absolute Gasteiger partial charge is 0.484 e. The fourth-order valence-corrected chi connectivity index (χ4v) is 0.955. The van der Waals surface area contributed by atoms with E-state index in [1.165, 1.54) is 0 Å². The van der Waals surface area contributed by atoms with Crippen LogP contribution in [0.1, 0.15) is 17.3 Å². The van der Waals surface area contributed by atoms with Gasteiger partial charge in [0.15, 0.2) is 18.2 Å². The van der Waals surface area contributed by atoms with Gasteiger partial charge in [0.2, 0.25) is 0 Å². The first-order valence-corrected chi connectivity index (χ1v) is 4.33. The molecule has 0 saturated heterocycles. The van der Waals surface area contributed by atoms with Gasteiger partial charge in [0.05, 0.1) is 5.56 Å². The van der Waals surface area contributed by atoms with E-state index < -0.39 is 30.1 Å². The molecule has 0 aliphatic rings. The number of carbonyl (C=O) groups is 1. The highest BCUT2D eigenvalue weighted by molar-refractivity contribution is 5.87. The average molecular weight is 234 g/mol. The maximum Gasteiger partial charge on any atom is 0.335 e. The molecule has 0 unspecified atom stereocenters. The lowest BCUT2D eigenvalue weighted by atomic mass is 10.2. The minimum atomic E-state index is -3.07. The van der Waals surface area contributed by atoms with E-state index in [0.717, 1.165) is 12.1 Å². The van der Waals surface area contributed by atoms with Crippen molar-refractivity contribution >= 4 is 5.97 Å². The van der Waals surface area contributed by atoms with Gasteiger partial charge in [-0.15, -0.1) is 0 Å². The summed E-state index contributed by atoms with van der Waals surface area (Å²) in [5, 5.41) is 8.53. The number of carboxylic acids is 1. The minimum absolute atomic E-state index is 0.270.